The lowest BCUT2D eigenvalue weighted by molar-refractivity contribution is 0.264. The second-order valence-corrected chi connectivity index (χ2v) is 4.88. The highest BCUT2D eigenvalue weighted by Crippen LogP contribution is 2.28. The normalized spacial score (nSPS) is 10.5. The van der Waals surface area contributed by atoms with E-state index in [1.165, 1.54) is 0 Å². The molecule has 0 atom stereocenters. The summed E-state index contributed by atoms with van der Waals surface area (Å²) in [6, 6.07) is 14.6. The number of rotatable bonds is 5. The molecule has 5 nitrogen and oxygen atoms in total. The predicted octanol–water partition coefficient (Wildman–Crippen LogP) is 3.98. The zero-order chi connectivity index (χ0) is 15.4. The molecule has 0 unspecified atom stereocenters. The van der Waals surface area contributed by atoms with E-state index in [0.717, 1.165) is 5.56 Å². The van der Waals surface area contributed by atoms with Crippen LogP contribution < -0.4 is 9.47 Å². The molecule has 0 radical (unpaired) electrons. The molecule has 3 aromatic rings. The summed E-state index contributed by atoms with van der Waals surface area (Å²) in [7, 11) is 1.60. The van der Waals surface area contributed by atoms with Gasteiger partial charge in [-0.25, -0.2) is 0 Å². The number of methoxy groups -OCH3 is 1. The number of para-hydroxylation sites is 1. The number of nitrogens with zero attached hydrogens (tertiary/aromatic N) is 2. The number of halogens is 1. The summed E-state index contributed by atoms with van der Waals surface area (Å²) >= 11 is 5.90. The number of ether oxygens (including phenoxy) is 2. The molecule has 0 N–H and O–H groups in total. The highest BCUT2D eigenvalue weighted by molar-refractivity contribution is 6.30. The Kier molecular flexibility index (Phi) is 4.25. The first-order valence-electron chi connectivity index (χ1n) is 6.60. The topological polar surface area (TPSA) is 57.4 Å². The average molecular weight is 317 g/mol. The molecule has 0 aliphatic heterocycles. The third-order valence-electron chi connectivity index (χ3n) is 2.96. The first-order valence-corrected chi connectivity index (χ1v) is 6.98. The third-order valence-corrected chi connectivity index (χ3v) is 3.20. The largest absolute Gasteiger partial charge is 0.496 e. The maximum atomic E-state index is 5.90. The van der Waals surface area contributed by atoms with Crippen molar-refractivity contribution >= 4 is 11.6 Å². The van der Waals surface area contributed by atoms with Crippen molar-refractivity contribution < 1.29 is 13.9 Å². The Labute approximate surface area is 132 Å². The highest BCUT2D eigenvalue weighted by Gasteiger charge is 2.13. The van der Waals surface area contributed by atoms with Gasteiger partial charge in [0.25, 0.3) is 11.8 Å². The SMILES string of the molecule is COc1ccccc1-c1nnc(COc2cccc(Cl)c2)o1. The molecular formula is C16H13ClN2O3. The summed E-state index contributed by atoms with van der Waals surface area (Å²) < 4.78 is 16.4. The number of benzene rings is 2. The standard InChI is InChI=1S/C16H13ClN2O3/c1-20-14-8-3-2-7-13(14)16-19-18-15(22-16)10-21-12-6-4-5-11(17)9-12/h2-9H,10H2,1H3. The fraction of sp³-hybridized carbons (Fsp3) is 0.125. The molecule has 1 aromatic heterocycles. The molecule has 0 amide bonds. The van der Waals surface area contributed by atoms with Crippen LogP contribution in [0.3, 0.4) is 0 Å². The lowest BCUT2D eigenvalue weighted by Gasteiger charge is -2.04. The zero-order valence-electron chi connectivity index (χ0n) is 11.8. The van der Waals surface area contributed by atoms with E-state index in [4.69, 9.17) is 25.5 Å². The fourth-order valence-corrected chi connectivity index (χ4v) is 2.12. The van der Waals surface area contributed by atoms with Gasteiger partial charge in [-0.1, -0.05) is 29.8 Å². The highest BCUT2D eigenvalue weighted by atomic mass is 35.5. The fourth-order valence-electron chi connectivity index (χ4n) is 1.94. The van der Waals surface area contributed by atoms with Crippen LogP contribution in [-0.4, -0.2) is 17.3 Å². The minimum absolute atomic E-state index is 0.169. The maximum absolute atomic E-state index is 5.90. The minimum atomic E-state index is 0.169. The van der Waals surface area contributed by atoms with Gasteiger partial charge in [0, 0.05) is 5.02 Å². The lowest BCUT2D eigenvalue weighted by Crippen LogP contribution is -1.95. The Balaban J connectivity index is 1.74. The molecule has 0 saturated heterocycles. The van der Waals surface area contributed by atoms with Crippen molar-refractivity contribution in [2.24, 2.45) is 0 Å². The maximum Gasteiger partial charge on any atom is 0.254 e. The van der Waals surface area contributed by atoms with E-state index in [9.17, 15) is 0 Å². The van der Waals surface area contributed by atoms with Crippen molar-refractivity contribution in [3.05, 3.63) is 59.4 Å². The summed E-state index contributed by atoms with van der Waals surface area (Å²) in [4.78, 5) is 0. The molecule has 0 aliphatic carbocycles. The molecular weight excluding hydrogens is 304 g/mol. The molecule has 6 heteroatoms. The Bertz CT molecular complexity index is 773. The molecule has 0 fully saturated rings. The zero-order valence-corrected chi connectivity index (χ0v) is 12.6. The van der Waals surface area contributed by atoms with E-state index in [1.54, 1.807) is 19.2 Å². The van der Waals surface area contributed by atoms with Crippen LogP contribution in [0.1, 0.15) is 5.89 Å². The Morgan fingerprint density at radius 2 is 1.95 bits per heavy atom. The van der Waals surface area contributed by atoms with Gasteiger partial charge < -0.3 is 13.9 Å². The van der Waals surface area contributed by atoms with Crippen molar-refractivity contribution in [1.82, 2.24) is 10.2 Å². The minimum Gasteiger partial charge on any atom is -0.496 e. The molecule has 0 aliphatic rings. The lowest BCUT2D eigenvalue weighted by atomic mass is 10.2. The first-order chi connectivity index (χ1) is 10.8. The van der Waals surface area contributed by atoms with Crippen LogP contribution in [0.5, 0.6) is 11.5 Å². The van der Waals surface area contributed by atoms with E-state index in [2.05, 4.69) is 10.2 Å². The van der Waals surface area contributed by atoms with Gasteiger partial charge in [-0.3, -0.25) is 0 Å². The van der Waals surface area contributed by atoms with E-state index >= 15 is 0 Å². The smallest absolute Gasteiger partial charge is 0.254 e. The van der Waals surface area contributed by atoms with Crippen LogP contribution in [0.4, 0.5) is 0 Å². The summed E-state index contributed by atoms with van der Waals surface area (Å²) in [5.41, 5.74) is 0.742. The summed E-state index contributed by atoms with van der Waals surface area (Å²) in [6.45, 7) is 0.169. The van der Waals surface area contributed by atoms with Crippen LogP contribution in [0.25, 0.3) is 11.5 Å². The third kappa shape index (κ3) is 3.20. The molecule has 22 heavy (non-hydrogen) atoms. The Hall–Kier alpha value is -2.53. The molecule has 0 bridgehead atoms. The molecule has 3 rings (SSSR count). The van der Waals surface area contributed by atoms with Gasteiger partial charge in [0.1, 0.15) is 11.5 Å². The molecule has 112 valence electrons. The second-order valence-electron chi connectivity index (χ2n) is 4.45. The van der Waals surface area contributed by atoms with Gasteiger partial charge in [0.2, 0.25) is 0 Å². The van der Waals surface area contributed by atoms with Crippen LogP contribution in [0, 0.1) is 0 Å². The van der Waals surface area contributed by atoms with Gasteiger partial charge in [0.15, 0.2) is 6.61 Å². The number of hydrogen-bond donors (Lipinski definition) is 0. The Morgan fingerprint density at radius 1 is 1.09 bits per heavy atom. The van der Waals surface area contributed by atoms with Crippen LogP contribution >= 0.6 is 11.6 Å². The molecule has 0 spiro atoms. The van der Waals surface area contributed by atoms with Crippen molar-refractivity contribution in [1.29, 1.82) is 0 Å². The van der Waals surface area contributed by atoms with Crippen molar-refractivity contribution in [2.75, 3.05) is 7.11 Å². The summed E-state index contributed by atoms with van der Waals surface area (Å²) in [6.07, 6.45) is 0. The predicted molar refractivity (Wildman–Crippen MR) is 82.1 cm³/mol. The van der Waals surface area contributed by atoms with Crippen LogP contribution in [0.2, 0.25) is 5.02 Å². The van der Waals surface area contributed by atoms with Crippen molar-refractivity contribution in [3.8, 4) is 23.0 Å². The molecule has 2 aromatic carbocycles. The van der Waals surface area contributed by atoms with E-state index < -0.39 is 0 Å². The van der Waals surface area contributed by atoms with Gasteiger partial charge in [0.05, 0.1) is 12.7 Å². The van der Waals surface area contributed by atoms with Crippen molar-refractivity contribution in [3.63, 3.8) is 0 Å². The monoisotopic (exact) mass is 316 g/mol. The van der Waals surface area contributed by atoms with E-state index in [1.807, 2.05) is 36.4 Å². The first kappa shape index (κ1) is 14.4. The Morgan fingerprint density at radius 3 is 2.77 bits per heavy atom. The van der Waals surface area contributed by atoms with Crippen LogP contribution in [-0.2, 0) is 6.61 Å². The van der Waals surface area contributed by atoms with Gasteiger partial charge in [-0.2, -0.15) is 0 Å². The molecule has 1 heterocycles. The summed E-state index contributed by atoms with van der Waals surface area (Å²) in [5, 5.41) is 8.61. The van der Waals surface area contributed by atoms with Crippen molar-refractivity contribution in [2.45, 2.75) is 6.61 Å². The van der Waals surface area contributed by atoms with Gasteiger partial charge >= 0.3 is 0 Å². The van der Waals surface area contributed by atoms with E-state index in [-0.39, 0.29) is 6.61 Å². The summed E-state index contributed by atoms with van der Waals surface area (Å²) in [5.74, 6) is 2.08. The van der Waals surface area contributed by atoms with Gasteiger partial charge in [-0.05, 0) is 30.3 Å². The quantitative estimate of drug-likeness (QED) is 0.712. The average Bonchev–Trinajstić information content (AvgIpc) is 3.02. The van der Waals surface area contributed by atoms with Gasteiger partial charge in [-0.15, -0.1) is 10.2 Å². The molecule has 0 saturated carbocycles. The number of hydrogen-bond acceptors (Lipinski definition) is 5. The van der Waals surface area contributed by atoms with Crippen LogP contribution in [0.15, 0.2) is 52.9 Å². The second kappa shape index (κ2) is 6.49. The van der Waals surface area contributed by atoms with E-state index in [0.29, 0.717) is 28.3 Å². The number of aromatic nitrogens is 2.